The maximum absolute atomic E-state index is 13.5. The zero-order valence-electron chi connectivity index (χ0n) is 22.6. The van der Waals surface area contributed by atoms with E-state index in [4.69, 9.17) is 14.2 Å². The van der Waals surface area contributed by atoms with Gasteiger partial charge in [-0.25, -0.2) is 0 Å². The number of nitrogens with zero attached hydrogens (tertiary/aromatic N) is 1. The van der Waals surface area contributed by atoms with Gasteiger partial charge in [0.15, 0.2) is 0 Å². The lowest BCUT2D eigenvalue weighted by atomic mass is 9.93. The summed E-state index contributed by atoms with van der Waals surface area (Å²) in [4.78, 5) is 28.4. The average molecular weight is 516 g/mol. The smallest absolute Gasteiger partial charge is 0.295 e. The maximum atomic E-state index is 13.5. The number of benzene rings is 3. The molecule has 1 fully saturated rings. The van der Waals surface area contributed by atoms with Crippen LogP contribution in [-0.4, -0.2) is 42.0 Å². The van der Waals surface area contributed by atoms with Crippen molar-refractivity contribution in [2.24, 2.45) is 0 Å². The molecule has 38 heavy (non-hydrogen) atoms. The van der Waals surface area contributed by atoms with Gasteiger partial charge in [0.1, 0.15) is 23.0 Å². The van der Waals surface area contributed by atoms with Crippen LogP contribution >= 0.6 is 0 Å². The zero-order chi connectivity index (χ0) is 27.6. The molecule has 198 valence electrons. The number of aryl methyl sites for hydroxylation is 2. The Morgan fingerprint density at radius 1 is 0.921 bits per heavy atom. The molecule has 3 aromatic carbocycles. The standard InChI is InChI=1S/C31H33NO6/c1-18(2)38-24-12-7-9-21(15-24)17-32-28(22-10-8-11-23(16-22)36-5)27(30(34)31(32)35)29(33)25-13-20(4)26(37-6)14-19(25)3/h7-16,18,28,33H,17H2,1-6H3/b29-27+. The second-order valence-electron chi connectivity index (χ2n) is 9.65. The Labute approximate surface area is 223 Å². The van der Waals surface area contributed by atoms with Gasteiger partial charge in [0.05, 0.1) is 31.9 Å². The van der Waals surface area contributed by atoms with Gasteiger partial charge in [0.2, 0.25) is 0 Å². The molecular weight excluding hydrogens is 482 g/mol. The summed E-state index contributed by atoms with van der Waals surface area (Å²) in [7, 11) is 3.14. The molecule has 0 radical (unpaired) electrons. The molecule has 0 aromatic heterocycles. The largest absolute Gasteiger partial charge is 0.507 e. The first-order valence-corrected chi connectivity index (χ1v) is 12.5. The molecule has 0 bridgehead atoms. The molecule has 7 nitrogen and oxygen atoms in total. The van der Waals surface area contributed by atoms with Crippen molar-refractivity contribution in [3.63, 3.8) is 0 Å². The van der Waals surface area contributed by atoms with E-state index in [2.05, 4.69) is 0 Å². The van der Waals surface area contributed by atoms with Gasteiger partial charge in [-0.2, -0.15) is 0 Å². The van der Waals surface area contributed by atoms with Crippen LogP contribution in [0, 0.1) is 13.8 Å². The molecule has 1 aliphatic heterocycles. The molecule has 1 saturated heterocycles. The van der Waals surface area contributed by atoms with E-state index in [9.17, 15) is 14.7 Å². The van der Waals surface area contributed by atoms with Crippen LogP contribution in [-0.2, 0) is 16.1 Å². The fraction of sp³-hybridized carbons (Fsp3) is 0.290. The second kappa shape index (κ2) is 11.0. The van der Waals surface area contributed by atoms with E-state index in [0.29, 0.717) is 28.4 Å². The lowest BCUT2D eigenvalue weighted by Crippen LogP contribution is -2.29. The van der Waals surface area contributed by atoms with Gasteiger partial charge in [-0.15, -0.1) is 0 Å². The molecule has 4 rings (SSSR count). The van der Waals surface area contributed by atoms with Crippen LogP contribution in [0.5, 0.6) is 17.2 Å². The summed E-state index contributed by atoms with van der Waals surface area (Å²) in [5.41, 5.74) is 3.48. The molecular formula is C31H33NO6. The van der Waals surface area contributed by atoms with Gasteiger partial charge in [-0.1, -0.05) is 24.3 Å². The molecule has 1 atom stereocenters. The molecule has 1 heterocycles. The molecule has 0 spiro atoms. The van der Waals surface area contributed by atoms with E-state index in [0.717, 1.165) is 16.7 Å². The number of aliphatic hydroxyl groups is 1. The highest BCUT2D eigenvalue weighted by molar-refractivity contribution is 6.46. The van der Waals surface area contributed by atoms with Crippen molar-refractivity contribution in [3.8, 4) is 17.2 Å². The maximum Gasteiger partial charge on any atom is 0.295 e. The van der Waals surface area contributed by atoms with Crippen molar-refractivity contribution < 1.29 is 28.9 Å². The van der Waals surface area contributed by atoms with Crippen molar-refractivity contribution in [2.75, 3.05) is 14.2 Å². The highest BCUT2D eigenvalue weighted by atomic mass is 16.5. The van der Waals surface area contributed by atoms with Gasteiger partial charge in [-0.05, 0) is 86.3 Å². The Bertz CT molecular complexity index is 1410. The first kappa shape index (κ1) is 26.8. The summed E-state index contributed by atoms with van der Waals surface area (Å²) in [5, 5.41) is 11.6. The third kappa shape index (κ3) is 5.23. The number of carbonyl (C=O) groups excluding carboxylic acids is 2. The Kier molecular flexibility index (Phi) is 7.76. The molecule has 7 heteroatoms. The number of likely N-dealkylation sites (tertiary alicyclic amines) is 1. The molecule has 0 aliphatic carbocycles. The number of aliphatic hydroxyl groups excluding tert-OH is 1. The van der Waals surface area contributed by atoms with Gasteiger partial charge in [0, 0.05) is 12.1 Å². The van der Waals surface area contributed by atoms with E-state index in [1.54, 1.807) is 44.6 Å². The Balaban J connectivity index is 1.87. The van der Waals surface area contributed by atoms with Crippen molar-refractivity contribution in [1.29, 1.82) is 0 Å². The van der Waals surface area contributed by atoms with E-state index < -0.39 is 17.7 Å². The summed E-state index contributed by atoms with van der Waals surface area (Å²) < 4.78 is 16.6. The van der Waals surface area contributed by atoms with E-state index in [1.165, 1.54) is 4.90 Å². The quantitative estimate of drug-likeness (QED) is 0.234. The summed E-state index contributed by atoms with van der Waals surface area (Å²) in [6.45, 7) is 7.72. The SMILES string of the molecule is COc1cccc(C2/C(=C(\O)c3cc(C)c(OC)cc3C)C(=O)C(=O)N2Cc2cccc(OC(C)C)c2)c1. The van der Waals surface area contributed by atoms with Crippen molar-refractivity contribution in [1.82, 2.24) is 4.90 Å². The van der Waals surface area contributed by atoms with E-state index in [-0.39, 0.29) is 24.0 Å². The minimum atomic E-state index is -0.818. The predicted molar refractivity (Wildman–Crippen MR) is 146 cm³/mol. The van der Waals surface area contributed by atoms with E-state index >= 15 is 0 Å². The fourth-order valence-electron chi connectivity index (χ4n) is 4.80. The molecule has 3 aromatic rings. The van der Waals surface area contributed by atoms with Gasteiger partial charge >= 0.3 is 0 Å². The van der Waals surface area contributed by atoms with Crippen LogP contribution in [0.4, 0.5) is 0 Å². The summed E-state index contributed by atoms with van der Waals surface area (Å²) >= 11 is 0. The van der Waals surface area contributed by atoms with Crippen molar-refractivity contribution >= 4 is 17.4 Å². The molecule has 1 unspecified atom stereocenters. The predicted octanol–water partition coefficient (Wildman–Crippen LogP) is 5.73. The van der Waals surface area contributed by atoms with Gasteiger partial charge in [-0.3, -0.25) is 9.59 Å². The number of methoxy groups -OCH3 is 2. The first-order valence-electron chi connectivity index (χ1n) is 12.5. The lowest BCUT2D eigenvalue weighted by Gasteiger charge is -2.26. The summed E-state index contributed by atoms with van der Waals surface area (Å²) in [5.74, 6) is 0.287. The highest BCUT2D eigenvalue weighted by Crippen LogP contribution is 2.42. The molecule has 1 aliphatic rings. The first-order chi connectivity index (χ1) is 18.1. The Hall–Kier alpha value is -4.26. The lowest BCUT2D eigenvalue weighted by molar-refractivity contribution is -0.140. The minimum absolute atomic E-state index is 0.00699. The van der Waals surface area contributed by atoms with Crippen LogP contribution in [0.25, 0.3) is 5.76 Å². The van der Waals surface area contributed by atoms with Crippen LogP contribution in [0.15, 0.2) is 66.2 Å². The Morgan fingerprint density at radius 2 is 1.63 bits per heavy atom. The molecule has 1 N–H and O–H groups in total. The number of carbonyl (C=O) groups is 2. The third-order valence-corrected chi connectivity index (χ3v) is 6.57. The van der Waals surface area contributed by atoms with Crippen LogP contribution in [0.2, 0.25) is 0 Å². The summed E-state index contributed by atoms with van der Waals surface area (Å²) in [6, 6.07) is 17.4. The van der Waals surface area contributed by atoms with Crippen LogP contribution in [0.3, 0.4) is 0 Å². The Morgan fingerprint density at radius 3 is 2.32 bits per heavy atom. The molecule has 1 amide bonds. The van der Waals surface area contributed by atoms with Gasteiger partial charge in [0.25, 0.3) is 11.7 Å². The monoisotopic (exact) mass is 515 g/mol. The number of amides is 1. The molecule has 0 saturated carbocycles. The normalized spacial score (nSPS) is 16.7. The zero-order valence-corrected chi connectivity index (χ0v) is 22.6. The number of hydrogen-bond acceptors (Lipinski definition) is 6. The number of ketones is 1. The number of ether oxygens (including phenoxy) is 3. The summed E-state index contributed by atoms with van der Waals surface area (Å²) in [6.07, 6.45) is -0.00699. The fourth-order valence-corrected chi connectivity index (χ4v) is 4.80. The van der Waals surface area contributed by atoms with E-state index in [1.807, 2.05) is 58.0 Å². The minimum Gasteiger partial charge on any atom is -0.507 e. The number of rotatable bonds is 8. The third-order valence-electron chi connectivity index (χ3n) is 6.57. The van der Waals surface area contributed by atoms with Crippen LogP contribution in [0.1, 0.15) is 47.7 Å². The average Bonchev–Trinajstić information content (AvgIpc) is 3.14. The highest BCUT2D eigenvalue weighted by Gasteiger charge is 2.46. The van der Waals surface area contributed by atoms with Crippen molar-refractivity contribution in [2.45, 2.75) is 46.4 Å². The number of hydrogen-bond donors (Lipinski definition) is 1. The van der Waals surface area contributed by atoms with Gasteiger partial charge < -0.3 is 24.2 Å². The van der Waals surface area contributed by atoms with Crippen molar-refractivity contribution in [3.05, 3.63) is 94.1 Å². The second-order valence-corrected chi connectivity index (χ2v) is 9.65. The number of Topliss-reactive ketones (excluding diaryl/α,β-unsaturated/α-hetero) is 1. The topological polar surface area (TPSA) is 85.3 Å². The van der Waals surface area contributed by atoms with Crippen LogP contribution < -0.4 is 14.2 Å².